The molecule has 0 spiro atoms. The lowest BCUT2D eigenvalue weighted by Crippen LogP contribution is -2.09. The van der Waals surface area contributed by atoms with Crippen molar-refractivity contribution in [2.24, 2.45) is 7.05 Å². The summed E-state index contributed by atoms with van der Waals surface area (Å²) in [6.07, 6.45) is 1.88. The Bertz CT molecular complexity index is 1010. The van der Waals surface area contributed by atoms with Gasteiger partial charge in [-0.1, -0.05) is 59.1 Å². The molecule has 9 heteroatoms. The number of anilines is 1. The monoisotopic (exact) mass is 435 g/mol. The number of nitrogens with one attached hydrogen (secondary N) is 1. The molecule has 0 aliphatic rings. The lowest BCUT2D eigenvalue weighted by atomic mass is 10.1. The van der Waals surface area contributed by atoms with E-state index >= 15 is 0 Å². The molecule has 0 aliphatic heterocycles. The Labute approximate surface area is 177 Å². The van der Waals surface area contributed by atoms with Gasteiger partial charge in [-0.3, -0.25) is 0 Å². The Hall–Kier alpha value is -3.03. The third-order valence-corrected chi connectivity index (χ3v) is 4.69. The minimum Gasteiger partial charge on any atom is -0.473 e. The third-order valence-electron chi connectivity index (χ3n) is 3.95. The van der Waals surface area contributed by atoms with Gasteiger partial charge in [0.25, 0.3) is 0 Å². The largest absolute Gasteiger partial charge is 0.473 e. The van der Waals surface area contributed by atoms with Gasteiger partial charge in [0.2, 0.25) is 5.95 Å². The number of imidazole rings is 1. The van der Waals surface area contributed by atoms with Crippen LogP contribution in [-0.2, 0) is 23.2 Å². The van der Waals surface area contributed by atoms with Crippen LogP contribution in [0.25, 0.3) is 11.3 Å². The second-order valence-corrected chi connectivity index (χ2v) is 6.92. The highest BCUT2D eigenvalue weighted by atomic mass is 35.5. The summed E-state index contributed by atoms with van der Waals surface area (Å²) in [4.78, 5) is 22.7. The first-order valence-corrected chi connectivity index (χ1v) is 9.17. The predicted molar refractivity (Wildman–Crippen MR) is 112 cm³/mol. The van der Waals surface area contributed by atoms with Crippen molar-refractivity contribution in [1.82, 2.24) is 9.55 Å². The van der Waals surface area contributed by atoms with Gasteiger partial charge in [-0.15, -0.1) is 0 Å². The third kappa shape index (κ3) is 6.23. The first-order valence-electron chi connectivity index (χ1n) is 8.41. The Morgan fingerprint density at radius 1 is 1.03 bits per heavy atom. The molecule has 0 fully saturated rings. The highest BCUT2D eigenvalue weighted by molar-refractivity contribution is 6.42. The van der Waals surface area contributed by atoms with Crippen LogP contribution in [0.4, 0.5) is 5.95 Å². The average Bonchev–Trinajstić information content (AvgIpc) is 3.04. The van der Waals surface area contributed by atoms with Gasteiger partial charge < -0.3 is 20.1 Å². The molecule has 3 rings (SSSR count). The zero-order valence-electron chi connectivity index (χ0n) is 15.7. The first-order chi connectivity index (χ1) is 13.7. The highest BCUT2D eigenvalue weighted by Gasteiger charge is 2.08. The summed E-state index contributed by atoms with van der Waals surface area (Å²) in [5.74, 6) is -2.84. The van der Waals surface area contributed by atoms with Crippen molar-refractivity contribution in [3.05, 3.63) is 69.8 Å². The molecule has 0 aliphatic carbocycles. The first kappa shape index (κ1) is 22.3. The number of carbonyl (C=O) groups is 2. The summed E-state index contributed by atoms with van der Waals surface area (Å²) in [7, 11) is 2.00. The standard InChI is InChI=1S/C18H17Cl2N3.C2H2O4/c1-12-3-6-14(7-4-12)17-11-22-18(23(17)2)21-10-13-5-8-15(19)16(20)9-13;3-1(4)2(5)6/h3-9,11H,10H2,1-2H3,(H,21,22);(H,3,4)(H,5,6). The number of carboxylic acids is 2. The van der Waals surface area contributed by atoms with E-state index in [4.69, 9.17) is 43.0 Å². The fraction of sp³-hybridized carbons (Fsp3) is 0.150. The van der Waals surface area contributed by atoms with Gasteiger partial charge in [0.15, 0.2) is 0 Å². The van der Waals surface area contributed by atoms with E-state index in [-0.39, 0.29) is 0 Å². The Kier molecular flexibility index (Phi) is 7.64. The normalized spacial score (nSPS) is 10.1. The maximum atomic E-state index is 9.10. The number of rotatable bonds is 4. The molecule has 0 saturated carbocycles. The molecule has 1 heterocycles. The summed E-state index contributed by atoms with van der Waals surface area (Å²) >= 11 is 12.0. The van der Waals surface area contributed by atoms with Gasteiger partial charge in [0.05, 0.1) is 21.9 Å². The van der Waals surface area contributed by atoms with Gasteiger partial charge in [0.1, 0.15) is 0 Å². The van der Waals surface area contributed by atoms with E-state index in [1.165, 1.54) is 5.56 Å². The van der Waals surface area contributed by atoms with E-state index in [9.17, 15) is 0 Å². The fourth-order valence-electron chi connectivity index (χ4n) is 2.40. The fourth-order valence-corrected chi connectivity index (χ4v) is 2.72. The van der Waals surface area contributed by atoms with E-state index in [0.29, 0.717) is 16.6 Å². The van der Waals surface area contributed by atoms with Crippen LogP contribution in [0.1, 0.15) is 11.1 Å². The van der Waals surface area contributed by atoms with Gasteiger partial charge in [-0.05, 0) is 30.2 Å². The second-order valence-electron chi connectivity index (χ2n) is 6.10. The number of nitrogens with zero attached hydrogens (tertiary/aromatic N) is 2. The Morgan fingerprint density at radius 2 is 1.66 bits per heavy atom. The summed E-state index contributed by atoms with van der Waals surface area (Å²) < 4.78 is 2.04. The van der Waals surface area contributed by atoms with Gasteiger partial charge in [-0.25, -0.2) is 14.6 Å². The Morgan fingerprint density at radius 3 is 2.21 bits per heavy atom. The topological polar surface area (TPSA) is 104 Å². The summed E-state index contributed by atoms with van der Waals surface area (Å²) in [6, 6.07) is 14.0. The summed E-state index contributed by atoms with van der Waals surface area (Å²) in [5, 5.41) is 19.2. The van der Waals surface area contributed by atoms with Crippen molar-refractivity contribution < 1.29 is 19.8 Å². The molecule has 0 radical (unpaired) electrons. The van der Waals surface area contributed by atoms with E-state index in [1.54, 1.807) is 6.07 Å². The lowest BCUT2D eigenvalue weighted by molar-refractivity contribution is -0.159. The van der Waals surface area contributed by atoms with Gasteiger partial charge in [-0.2, -0.15) is 0 Å². The second kappa shape index (κ2) is 9.95. The average molecular weight is 436 g/mol. The number of hydrogen-bond donors (Lipinski definition) is 3. The van der Waals surface area contributed by atoms with Crippen molar-refractivity contribution >= 4 is 41.1 Å². The van der Waals surface area contributed by atoms with Gasteiger partial charge in [0, 0.05) is 13.6 Å². The number of benzene rings is 2. The molecular weight excluding hydrogens is 417 g/mol. The maximum absolute atomic E-state index is 9.10. The van der Waals surface area contributed by atoms with Crippen LogP contribution in [0.5, 0.6) is 0 Å². The van der Waals surface area contributed by atoms with Crippen molar-refractivity contribution in [2.75, 3.05) is 5.32 Å². The zero-order valence-corrected chi connectivity index (χ0v) is 17.2. The molecule has 3 N–H and O–H groups in total. The van der Waals surface area contributed by atoms with E-state index in [0.717, 1.165) is 22.8 Å². The molecule has 152 valence electrons. The van der Waals surface area contributed by atoms with Crippen LogP contribution in [-0.4, -0.2) is 31.7 Å². The minimum atomic E-state index is -1.82. The summed E-state index contributed by atoms with van der Waals surface area (Å²) in [5.41, 5.74) is 4.52. The number of aryl methyl sites for hydroxylation is 1. The van der Waals surface area contributed by atoms with Crippen LogP contribution >= 0.6 is 23.2 Å². The number of aromatic nitrogens is 2. The molecule has 0 bridgehead atoms. The van der Waals surface area contributed by atoms with Crippen molar-refractivity contribution in [2.45, 2.75) is 13.5 Å². The maximum Gasteiger partial charge on any atom is 0.414 e. The minimum absolute atomic E-state index is 0.561. The highest BCUT2D eigenvalue weighted by Crippen LogP contribution is 2.24. The molecule has 0 atom stereocenters. The molecule has 0 amide bonds. The zero-order chi connectivity index (χ0) is 21.6. The van der Waals surface area contributed by atoms with Crippen LogP contribution in [0.15, 0.2) is 48.7 Å². The molecule has 29 heavy (non-hydrogen) atoms. The van der Waals surface area contributed by atoms with E-state index in [1.807, 2.05) is 29.9 Å². The molecule has 0 saturated heterocycles. The van der Waals surface area contributed by atoms with E-state index < -0.39 is 11.9 Å². The quantitative estimate of drug-likeness (QED) is 0.522. The van der Waals surface area contributed by atoms with Crippen molar-refractivity contribution in [3.8, 4) is 11.3 Å². The number of hydrogen-bond acceptors (Lipinski definition) is 4. The molecule has 3 aromatic rings. The van der Waals surface area contributed by atoms with Crippen LogP contribution < -0.4 is 5.32 Å². The molecule has 7 nitrogen and oxygen atoms in total. The van der Waals surface area contributed by atoms with Gasteiger partial charge >= 0.3 is 11.9 Å². The lowest BCUT2D eigenvalue weighted by Gasteiger charge is -2.09. The smallest absolute Gasteiger partial charge is 0.414 e. The van der Waals surface area contributed by atoms with Crippen molar-refractivity contribution in [3.63, 3.8) is 0 Å². The Balaban J connectivity index is 0.000000438. The number of aliphatic carboxylic acids is 2. The molecule has 1 aromatic heterocycles. The number of halogens is 2. The van der Waals surface area contributed by atoms with E-state index in [2.05, 4.69) is 41.5 Å². The number of carboxylic acid groups (broad SMARTS) is 2. The molecular formula is C20H19Cl2N3O4. The van der Waals surface area contributed by atoms with Crippen LogP contribution in [0, 0.1) is 6.92 Å². The van der Waals surface area contributed by atoms with Crippen LogP contribution in [0.2, 0.25) is 10.0 Å². The van der Waals surface area contributed by atoms with Crippen molar-refractivity contribution in [1.29, 1.82) is 0 Å². The van der Waals surface area contributed by atoms with Crippen LogP contribution in [0.3, 0.4) is 0 Å². The predicted octanol–water partition coefficient (Wildman–Crippen LogP) is 4.47. The molecule has 0 unspecified atom stereocenters. The summed E-state index contributed by atoms with van der Waals surface area (Å²) in [6.45, 7) is 2.71. The SMILES string of the molecule is Cc1ccc(-c2cnc(NCc3ccc(Cl)c(Cl)c3)n2C)cc1.O=C(O)C(=O)O. The molecule has 2 aromatic carbocycles.